The van der Waals surface area contributed by atoms with Crippen LogP contribution in [-0.4, -0.2) is 25.2 Å². The third-order valence-electron chi connectivity index (χ3n) is 1.54. The van der Waals surface area contributed by atoms with Crippen LogP contribution in [0.25, 0.3) is 0 Å². The largest absolute Gasteiger partial charge is 0.247 e. The second-order valence-corrected chi connectivity index (χ2v) is 4.87. The molecule has 2 rings (SSSR count). The predicted octanol–water partition coefficient (Wildman–Crippen LogP) is 2.17. The van der Waals surface area contributed by atoms with Gasteiger partial charge in [-0.25, -0.2) is 9.67 Å². The summed E-state index contributed by atoms with van der Waals surface area (Å²) in [5.74, 6) is 0. The van der Waals surface area contributed by atoms with Crippen LogP contribution in [0, 0.1) is 0 Å². The number of tetrazole rings is 1. The first-order valence-electron chi connectivity index (χ1n) is 3.88. The maximum absolute atomic E-state index is 5.78. The van der Waals surface area contributed by atoms with Crippen LogP contribution >= 0.6 is 39.3 Å². The Hall–Kier alpha value is -0.660. The minimum Gasteiger partial charge on any atom is -0.247 e. The number of rotatable bonds is 2. The summed E-state index contributed by atoms with van der Waals surface area (Å²) < 4.78 is 2.40. The van der Waals surface area contributed by atoms with Crippen LogP contribution in [0.1, 0.15) is 0 Å². The van der Waals surface area contributed by atoms with E-state index in [1.807, 2.05) is 0 Å². The van der Waals surface area contributed by atoms with Crippen molar-refractivity contribution in [3.05, 3.63) is 21.8 Å². The van der Waals surface area contributed by atoms with E-state index in [-0.39, 0.29) is 0 Å². The number of halogens is 2. The van der Waals surface area contributed by atoms with Crippen molar-refractivity contribution in [3.8, 4) is 0 Å². The summed E-state index contributed by atoms with van der Waals surface area (Å²) in [5.41, 5.74) is 0. The van der Waals surface area contributed by atoms with Gasteiger partial charge in [-0.3, -0.25) is 0 Å². The molecular formula is C7H5BrClN5S. The van der Waals surface area contributed by atoms with Gasteiger partial charge >= 0.3 is 0 Å². The van der Waals surface area contributed by atoms with Gasteiger partial charge in [0, 0.05) is 13.2 Å². The maximum Gasteiger partial charge on any atom is 0.215 e. The Kier molecular flexibility index (Phi) is 3.22. The lowest BCUT2D eigenvalue weighted by atomic mass is 10.5. The molecule has 0 unspecified atom stereocenters. The van der Waals surface area contributed by atoms with Crippen molar-refractivity contribution in [2.45, 2.75) is 10.2 Å². The number of pyridine rings is 1. The van der Waals surface area contributed by atoms with Gasteiger partial charge in [0.05, 0.1) is 9.50 Å². The van der Waals surface area contributed by atoms with Crippen LogP contribution in [-0.2, 0) is 7.05 Å². The molecule has 15 heavy (non-hydrogen) atoms. The van der Waals surface area contributed by atoms with E-state index in [1.54, 1.807) is 24.0 Å². The highest BCUT2D eigenvalue weighted by atomic mass is 79.9. The molecule has 0 radical (unpaired) electrons. The highest BCUT2D eigenvalue weighted by molar-refractivity contribution is 9.10. The van der Waals surface area contributed by atoms with Crippen molar-refractivity contribution in [2.24, 2.45) is 7.05 Å². The lowest BCUT2D eigenvalue weighted by molar-refractivity contribution is 0.664. The summed E-state index contributed by atoms with van der Waals surface area (Å²) in [6.45, 7) is 0. The van der Waals surface area contributed by atoms with E-state index in [9.17, 15) is 0 Å². The van der Waals surface area contributed by atoms with E-state index in [2.05, 4.69) is 36.4 Å². The fraction of sp³-hybridized carbons (Fsp3) is 0.143. The molecule has 0 spiro atoms. The van der Waals surface area contributed by atoms with E-state index in [0.717, 1.165) is 9.50 Å². The van der Waals surface area contributed by atoms with Crippen LogP contribution in [0.3, 0.4) is 0 Å². The smallest absolute Gasteiger partial charge is 0.215 e. The predicted molar refractivity (Wildman–Crippen MR) is 59.9 cm³/mol. The Labute approximate surface area is 103 Å². The topological polar surface area (TPSA) is 56.5 Å². The van der Waals surface area contributed by atoms with Crippen molar-refractivity contribution in [2.75, 3.05) is 0 Å². The van der Waals surface area contributed by atoms with Gasteiger partial charge in [0.15, 0.2) is 0 Å². The summed E-state index contributed by atoms with van der Waals surface area (Å²) in [6.07, 6.45) is 1.58. The molecule has 0 aliphatic rings. The Bertz CT molecular complexity index is 488. The molecule has 0 aliphatic carbocycles. The van der Waals surface area contributed by atoms with E-state index < -0.39 is 0 Å². The second kappa shape index (κ2) is 4.46. The molecule has 78 valence electrons. The highest BCUT2D eigenvalue weighted by Gasteiger charge is 2.09. The number of hydrogen-bond acceptors (Lipinski definition) is 5. The molecule has 2 aromatic heterocycles. The first kappa shape index (κ1) is 10.8. The molecule has 0 saturated carbocycles. The molecule has 0 saturated heterocycles. The molecule has 0 bridgehead atoms. The number of nitrogens with zero attached hydrogens (tertiary/aromatic N) is 5. The van der Waals surface area contributed by atoms with Gasteiger partial charge in [-0.2, -0.15) is 0 Å². The van der Waals surface area contributed by atoms with Gasteiger partial charge in [0.2, 0.25) is 5.16 Å². The van der Waals surface area contributed by atoms with Crippen LogP contribution in [0.4, 0.5) is 0 Å². The molecule has 5 nitrogen and oxygen atoms in total. The third kappa shape index (κ3) is 2.47. The SMILES string of the molecule is Cn1nnnc1Sc1ncc(Cl)cc1Br. The quantitative estimate of drug-likeness (QED) is 0.851. The zero-order valence-corrected chi connectivity index (χ0v) is 10.7. The fourth-order valence-electron chi connectivity index (χ4n) is 0.871. The second-order valence-electron chi connectivity index (χ2n) is 2.63. The summed E-state index contributed by atoms with van der Waals surface area (Å²) >= 11 is 10.5. The fourth-order valence-corrected chi connectivity index (χ4v) is 2.43. The van der Waals surface area contributed by atoms with Gasteiger partial charge < -0.3 is 0 Å². The molecule has 0 atom stereocenters. The summed E-state index contributed by atoms with van der Waals surface area (Å²) in [4.78, 5) is 4.17. The van der Waals surface area contributed by atoms with E-state index in [1.165, 1.54) is 11.8 Å². The Morgan fingerprint density at radius 3 is 2.93 bits per heavy atom. The van der Waals surface area contributed by atoms with Crippen molar-refractivity contribution in [1.29, 1.82) is 0 Å². The lowest BCUT2D eigenvalue weighted by Gasteiger charge is -2.01. The van der Waals surface area contributed by atoms with E-state index >= 15 is 0 Å². The standard InChI is InChI=1S/C7H5BrClN5S/c1-14-7(11-12-13-14)15-6-5(8)2-4(9)3-10-6/h2-3H,1H3. The van der Waals surface area contributed by atoms with Crippen LogP contribution in [0.5, 0.6) is 0 Å². The third-order valence-corrected chi connectivity index (χ3v) is 3.66. The van der Waals surface area contributed by atoms with Crippen LogP contribution < -0.4 is 0 Å². The molecule has 2 aromatic rings. The first-order chi connectivity index (χ1) is 7.16. The van der Waals surface area contributed by atoms with Gasteiger partial charge in [0.25, 0.3) is 0 Å². The molecule has 2 heterocycles. The zero-order valence-electron chi connectivity index (χ0n) is 7.55. The van der Waals surface area contributed by atoms with Gasteiger partial charge in [-0.15, -0.1) is 5.10 Å². The van der Waals surface area contributed by atoms with E-state index in [4.69, 9.17) is 11.6 Å². The Morgan fingerprint density at radius 2 is 2.33 bits per heavy atom. The Balaban J connectivity index is 2.29. The molecule has 0 fully saturated rings. The number of aryl methyl sites for hydroxylation is 1. The van der Waals surface area contributed by atoms with Crippen molar-refractivity contribution >= 4 is 39.3 Å². The zero-order chi connectivity index (χ0) is 10.8. The number of aromatic nitrogens is 5. The van der Waals surface area contributed by atoms with Crippen molar-refractivity contribution in [1.82, 2.24) is 25.2 Å². The highest BCUT2D eigenvalue weighted by Crippen LogP contribution is 2.31. The van der Waals surface area contributed by atoms with Crippen LogP contribution in [0.2, 0.25) is 5.02 Å². The molecule has 0 amide bonds. The molecular weight excluding hydrogens is 302 g/mol. The molecule has 8 heteroatoms. The average molecular weight is 307 g/mol. The minimum absolute atomic E-state index is 0.585. The summed E-state index contributed by atoms with van der Waals surface area (Å²) in [5, 5.41) is 13.1. The average Bonchev–Trinajstić information content (AvgIpc) is 2.57. The van der Waals surface area contributed by atoms with Gasteiger partial charge in [-0.1, -0.05) is 11.6 Å². The van der Waals surface area contributed by atoms with Crippen molar-refractivity contribution in [3.63, 3.8) is 0 Å². The van der Waals surface area contributed by atoms with Gasteiger partial charge in [-0.05, 0) is 44.2 Å². The van der Waals surface area contributed by atoms with Crippen molar-refractivity contribution < 1.29 is 0 Å². The van der Waals surface area contributed by atoms with E-state index in [0.29, 0.717) is 10.2 Å². The maximum atomic E-state index is 5.78. The number of hydrogen-bond donors (Lipinski definition) is 0. The van der Waals surface area contributed by atoms with Crippen LogP contribution in [0.15, 0.2) is 26.9 Å². The first-order valence-corrected chi connectivity index (χ1v) is 5.87. The minimum atomic E-state index is 0.585. The lowest BCUT2D eigenvalue weighted by Crippen LogP contribution is -1.93. The monoisotopic (exact) mass is 305 g/mol. The molecule has 0 aromatic carbocycles. The summed E-state index contributed by atoms with van der Waals surface area (Å²) in [7, 11) is 1.77. The van der Waals surface area contributed by atoms with Gasteiger partial charge in [0.1, 0.15) is 5.03 Å². The normalized spacial score (nSPS) is 10.6. The molecule has 0 N–H and O–H groups in total. The summed E-state index contributed by atoms with van der Waals surface area (Å²) in [6, 6.07) is 1.78. The molecule has 0 aliphatic heterocycles. The Morgan fingerprint density at radius 1 is 1.53 bits per heavy atom.